The Labute approximate surface area is 91.5 Å². The SMILES string of the molecule is CCC(C)[C@H](N)c1ccccc1O.Cl. The molecule has 0 amide bonds. The molecule has 2 nitrogen and oxygen atoms in total. The first-order chi connectivity index (χ1) is 6.16. The van der Waals surface area contributed by atoms with Crippen LogP contribution in [0.25, 0.3) is 0 Å². The first-order valence-electron chi connectivity index (χ1n) is 4.70. The van der Waals surface area contributed by atoms with Gasteiger partial charge in [-0.3, -0.25) is 0 Å². The number of phenols is 1. The van der Waals surface area contributed by atoms with Gasteiger partial charge in [0, 0.05) is 11.6 Å². The molecule has 80 valence electrons. The van der Waals surface area contributed by atoms with E-state index in [1.54, 1.807) is 6.07 Å². The summed E-state index contributed by atoms with van der Waals surface area (Å²) < 4.78 is 0. The molecule has 14 heavy (non-hydrogen) atoms. The molecule has 0 heterocycles. The molecule has 1 aromatic rings. The van der Waals surface area contributed by atoms with Gasteiger partial charge in [-0.15, -0.1) is 12.4 Å². The third kappa shape index (κ3) is 2.89. The Kier molecular flexibility index (Phi) is 5.58. The van der Waals surface area contributed by atoms with Crippen molar-refractivity contribution in [3.05, 3.63) is 29.8 Å². The molecule has 0 saturated heterocycles. The summed E-state index contributed by atoms with van der Waals surface area (Å²) in [5.41, 5.74) is 6.83. The van der Waals surface area contributed by atoms with Crippen LogP contribution in [0.1, 0.15) is 31.9 Å². The van der Waals surface area contributed by atoms with Gasteiger partial charge < -0.3 is 10.8 Å². The molecule has 3 N–H and O–H groups in total. The van der Waals surface area contributed by atoms with Crippen molar-refractivity contribution in [2.24, 2.45) is 11.7 Å². The highest BCUT2D eigenvalue weighted by Crippen LogP contribution is 2.28. The fourth-order valence-electron chi connectivity index (χ4n) is 1.33. The van der Waals surface area contributed by atoms with E-state index in [4.69, 9.17) is 5.73 Å². The molecule has 2 atom stereocenters. The van der Waals surface area contributed by atoms with Crippen molar-refractivity contribution >= 4 is 12.4 Å². The molecule has 0 radical (unpaired) electrons. The van der Waals surface area contributed by atoms with E-state index < -0.39 is 0 Å². The summed E-state index contributed by atoms with van der Waals surface area (Å²) in [5, 5.41) is 9.55. The molecular formula is C11H18ClNO. The fourth-order valence-corrected chi connectivity index (χ4v) is 1.33. The lowest BCUT2D eigenvalue weighted by atomic mass is 9.93. The lowest BCUT2D eigenvalue weighted by Crippen LogP contribution is -2.18. The van der Waals surface area contributed by atoms with Crippen LogP contribution < -0.4 is 5.73 Å². The van der Waals surface area contributed by atoms with Crippen LogP contribution in [-0.4, -0.2) is 5.11 Å². The van der Waals surface area contributed by atoms with Crippen molar-refractivity contribution in [1.82, 2.24) is 0 Å². The summed E-state index contributed by atoms with van der Waals surface area (Å²) in [6, 6.07) is 7.20. The van der Waals surface area contributed by atoms with Gasteiger partial charge in [-0.2, -0.15) is 0 Å². The van der Waals surface area contributed by atoms with E-state index in [2.05, 4.69) is 13.8 Å². The number of nitrogens with two attached hydrogens (primary N) is 1. The summed E-state index contributed by atoms with van der Waals surface area (Å²) in [5.74, 6) is 0.698. The van der Waals surface area contributed by atoms with E-state index in [1.165, 1.54) is 0 Å². The lowest BCUT2D eigenvalue weighted by molar-refractivity contribution is 0.419. The Morgan fingerprint density at radius 3 is 2.43 bits per heavy atom. The molecule has 0 aliphatic heterocycles. The fraction of sp³-hybridized carbons (Fsp3) is 0.455. The van der Waals surface area contributed by atoms with Gasteiger partial charge in [-0.05, 0) is 12.0 Å². The van der Waals surface area contributed by atoms with Gasteiger partial charge >= 0.3 is 0 Å². The second-order valence-corrected chi connectivity index (χ2v) is 3.47. The van der Waals surface area contributed by atoms with Crippen LogP contribution in [0.15, 0.2) is 24.3 Å². The Hall–Kier alpha value is -0.730. The Balaban J connectivity index is 0.00000169. The summed E-state index contributed by atoms with van der Waals surface area (Å²) in [4.78, 5) is 0. The quantitative estimate of drug-likeness (QED) is 0.815. The van der Waals surface area contributed by atoms with Crippen LogP contribution >= 0.6 is 12.4 Å². The maximum Gasteiger partial charge on any atom is 0.120 e. The third-order valence-electron chi connectivity index (χ3n) is 2.55. The van der Waals surface area contributed by atoms with Crippen LogP contribution in [0.3, 0.4) is 0 Å². The second kappa shape index (κ2) is 5.89. The van der Waals surface area contributed by atoms with E-state index in [1.807, 2.05) is 18.2 Å². The van der Waals surface area contributed by atoms with Crippen molar-refractivity contribution in [3.8, 4) is 5.75 Å². The zero-order valence-corrected chi connectivity index (χ0v) is 9.42. The summed E-state index contributed by atoms with van der Waals surface area (Å²) in [7, 11) is 0. The van der Waals surface area contributed by atoms with E-state index in [0.29, 0.717) is 11.7 Å². The predicted molar refractivity (Wildman–Crippen MR) is 61.7 cm³/mol. The van der Waals surface area contributed by atoms with Gasteiger partial charge in [0.25, 0.3) is 0 Å². The molecule has 0 saturated carbocycles. The van der Waals surface area contributed by atoms with Crippen molar-refractivity contribution in [2.45, 2.75) is 26.3 Å². The zero-order valence-electron chi connectivity index (χ0n) is 8.60. The molecule has 0 aliphatic rings. The normalized spacial score (nSPS) is 14.2. The van der Waals surface area contributed by atoms with E-state index in [9.17, 15) is 5.11 Å². The number of benzene rings is 1. The largest absolute Gasteiger partial charge is 0.508 e. The molecule has 0 fully saturated rings. The van der Waals surface area contributed by atoms with Crippen LogP contribution in [0.2, 0.25) is 0 Å². The Bertz CT molecular complexity index is 278. The lowest BCUT2D eigenvalue weighted by Gasteiger charge is -2.19. The van der Waals surface area contributed by atoms with Gasteiger partial charge in [-0.1, -0.05) is 38.5 Å². The summed E-state index contributed by atoms with van der Waals surface area (Å²) >= 11 is 0. The van der Waals surface area contributed by atoms with Crippen LogP contribution in [0.4, 0.5) is 0 Å². The minimum absolute atomic E-state index is 0. The van der Waals surface area contributed by atoms with Crippen molar-refractivity contribution in [2.75, 3.05) is 0 Å². The zero-order chi connectivity index (χ0) is 9.84. The van der Waals surface area contributed by atoms with Crippen LogP contribution in [-0.2, 0) is 0 Å². The number of para-hydroxylation sites is 1. The van der Waals surface area contributed by atoms with Crippen molar-refractivity contribution in [3.63, 3.8) is 0 Å². The van der Waals surface area contributed by atoms with E-state index in [-0.39, 0.29) is 18.4 Å². The minimum atomic E-state index is -0.0637. The maximum absolute atomic E-state index is 9.55. The molecule has 0 aromatic heterocycles. The topological polar surface area (TPSA) is 46.2 Å². The van der Waals surface area contributed by atoms with Crippen molar-refractivity contribution < 1.29 is 5.11 Å². The molecule has 0 bridgehead atoms. The Morgan fingerprint density at radius 2 is 1.93 bits per heavy atom. The third-order valence-corrected chi connectivity index (χ3v) is 2.55. The average Bonchev–Trinajstić information content (AvgIpc) is 2.16. The minimum Gasteiger partial charge on any atom is -0.508 e. The van der Waals surface area contributed by atoms with Gasteiger partial charge in [-0.25, -0.2) is 0 Å². The molecule has 0 spiro atoms. The predicted octanol–water partition coefficient (Wildman–Crippen LogP) is 2.86. The van der Waals surface area contributed by atoms with Gasteiger partial charge in [0.1, 0.15) is 5.75 Å². The number of aromatic hydroxyl groups is 1. The average molecular weight is 216 g/mol. The monoisotopic (exact) mass is 215 g/mol. The van der Waals surface area contributed by atoms with Crippen LogP contribution in [0.5, 0.6) is 5.75 Å². The highest BCUT2D eigenvalue weighted by molar-refractivity contribution is 5.85. The Morgan fingerprint density at radius 1 is 1.36 bits per heavy atom. The maximum atomic E-state index is 9.55. The molecule has 1 aromatic carbocycles. The number of phenolic OH excluding ortho intramolecular Hbond substituents is 1. The summed E-state index contributed by atoms with van der Waals surface area (Å²) in [6.45, 7) is 4.20. The highest BCUT2D eigenvalue weighted by atomic mass is 35.5. The number of halogens is 1. The molecule has 1 unspecified atom stereocenters. The molecule has 3 heteroatoms. The first-order valence-corrected chi connectivity index (χ1v) is 4.70. The van der Waals surface area contributed by atoms with Crippen LogP contribution in [0, 0.1) is 5.92 Å². The van der Waals surface area contributed by atoms with Gasteiger partial charge in [0.05, 0.1) is 0 Å². The molecular weight excluding hydrogens is 198 g/mol. The molecule has 0 aliphatic carbocycles. The summed E-state index contributed by atoms with van der Waals surface area (Å²) in [6.07, 6.45) is 1.02. The van der Waals surface area contributed by atoms with Crippen molar-refractivity contribution in [1.29, 1.82) is 0 Å². The smallest absolute Gasteiger partial charge is 0.120 e. The number of hydrogen-bond acceptors (Lipinski definition) is 2. The van der Waals surface area contributed by atoms with E-state index >= 15 is 0 Å². The van der Waals surface area contributed by atoms with Gasteiger partial charge in [0.2, 0.25) is 0 Å². The second-order valence-electron chi connectivity index (χ2n) is 3.47. The molecule has 1 rings (SSSR count). The first kappa shape index (κ1) is 13.3. The number of rotatable bonds is 3. The van der Waals surface area contributed by atoms with Gasteiger partial charge in [0.15, 0.2) is 0 Å². The standard InChI is InChI=1S/C11H17NO.ClH/c1-3-8(2)11(12)9-6-4-5-7-10(9)13;/h4-8,11,13H,3,12H2,1-2H3;1H/t8?,11-;/m0./s1. The van der Waals surface area contributed by atoms with E-state index in [0.717, 1.165) is 12.0 Å². The highest BCUT2D eigenvalue weighted by Gasteiger charge is 2.15. The number of hydrogen-bond donors (Lipinski definition) is 2.